The predicted octanol–water partition coefficient (Wildman–Crippen LogP) is 3.67. The van der Waals surface area contributed by atoms with E-state index in [1.165, 1.54) is 6.07 Å². The van der Waals surface area contributed by atoms with Crippen molar-refractivity contribution in [3.05, 3.63) is 65.2 Å². The lowest BCUT2D eigenvalue weighted by molar-refractivity contribution is -0.126. The van der Waals surface area contributed by atoms with Crippen molar-refractivity contribution in [3.63, 3.8) is 0 Å². The van der Waals surface area contributed by atoms with Crippen LogP contribution in [0.2, 0.25) is 10.0 Å². The number of amides is 3. The number of nitrogens with zero attached hydrogens (tertiary/aromatic N) is 1. The Labute approximate surface area is 190 Å². The Hall–Kier alpha value is -3.03. The van der Waals surface area contributed by atoms with Crippen LogP contribution < -0.4 is 20.3 Å². The molecule has 1 unspecified atom stereocenters. The van der Waals surface area contributed by atoms with Gasteiger partial charge in [-0.1, -0.05) is 29.3 Å². The zero-order valence-corrected chi connectivity index (χ0v) is 18.1. The molecule has 0 spiro atoms. The van der Waals surface area contributed by atoms with Crippen LogP contribution in [0.15, 0.2) is 55.1 Å². The number of benzene rings is 2. The minimum absolute atomic E-state index is 0.119. The molecule has 1 aliphatic rings. The third kappa shape index (κ3) is 5.99. The maximum atomic E-state index is 12.3. The van der Waals surface area contributed by atoms with Gasteiger partial charge in [0.2, 0.25) is 11.8 Å². The summed E-state index contributed by atoms with van der Waals surface area (Å²) in [5.41, 5.74) is 1.10. The van der Waals surface area contributed by atoms with Gasteiger partial charge in [0.15, 0.2) is 6.61 Å². The first-order valence-electron chi connectivity index (χ1n) is 9.54. The molecule has 31 heavy (non-hydrogen) atoms. The van der Waals surface area contributed by atoms with Gasteiger partial charge in [-0.05, 0) is 42.5 Å². The Morgan fingerprint density at radius 3 is 2.61 bits per heavy atom. The molecule has 2 aromatic rings. The molecule has 3 rings (SSSR count). The molecule has 0 radical (unpaired) electrons. The third-order valence-corrected chi connectivity index (χ3v) is 5.19. The van der Waals surface area contributed by atoms with Crippen molar-refractivity contribution in [1.29, 1.82) is 0 Å². The van der Waals surface area contributed by atoms with Crippen LogP contribution in [-0.4, -0.2) is 37.4 Å². The highest BCUT2D eigenvalue weighted by atomic mass is 35.5. The smallest absolute Gasteiger partial charge is 0.262 e. The molecule has 0 aromatic heterocycles. The number of hydrogen-bond acceptors (Lipinski definition) is 4. The molecule has 0 aliphatic carbocycles. The van der Waals surface area contributed by atoms with Gasteiger partial charge in [-0.25, -0.2) is 0 Å². The van der Waals surface area contributed by atoms with Crippen molar-refractivity contribution in [1.82, 2.24) is 5.32 Å². The predicted molar refractivity (Wildman–Crippen MR) is 121 cm³/mol. The van der Waals surface area contributed by atoms with Crippen LogP contribution in [-0.2, 0) is 14.4 Å². The molecule has 2 aromatic carbocycles. The maximum Gasteiger partial charge on any atom is 0.262 e. The topological polar surface area (TPSA) is 87.7 Å². The highest BCUT2D eigenvalue weighted by Gasteiger charge is 2.34. The van der Waals surface area contributed by atoms with Crippen molar-refractivity contribution in [3.8, 4) is 5.75 Å². The molecule has 0 saturated carbocycles. The monoisotopic (exact) mass is 461 g/mol. The number of ether oxygens (including phenoxy) is 1. The zero-order chi connectivity index (χ0) is 22.4. The van der Waals surface area contributed by atoms with E-state index in [-0.39, 0.29) is 30.7 Å². The van der Waals surface area contributed by atoms with Gasteiger partial charge in [-0.3, -0.25) is 14.4 Å². The summed E-state index contributed by atoms with van der Waals surface area (Å²) in [5, 5.41) is 6.17. The highest BCUT2D eigenvalue weighted by molar-refractivity contribution is 6.36. The number of nitrogens with one attached hydrogen (secondary N) is 2. The first kappa shape index (κ1) is 22.7. The Bertz CT molecular complexity index is 995. The molecule has 7 nitrogen and oxygen atoms in total. The van der Waals surface area contributed by atoms with E-state index < -0.39 is 5.92 Å². The molecular weight excluding hydrogens is 441 g/mol. The average molecular weight is 462 g/mol. The maximum absolute atomic E-state index is 12.3. The van der Waals surface area contributed by atoms with Crippen LogP contribution in [0, 0.1) is 5.92 Å². The first-order chi connectivity index (χ1) is 14.9. The summed E-state index contributed by atoms with van der Waals surface area (Å²) >= 11 is 11.9. The van der Waals surface area contributed by atoms with E-state index in [0.717, 1.165) is 0 Å². The molecule has 162 valence electrons. The van der Waals surface area contributed by atoms with E-state index in [1.807, 2.05) is 0 Å². The normalized spacial score (nSPS) is 15.5. The van der Waals surface area contributed by atoms with Gasteiger partial charge in [0.05, 0.1) is 16.6 Å². The van der Waals surface area contributed by atoms with Crippen LogP contribution in [0.4, 0.5) is 11.4 Å². The fourth-order valence-electron chi connectivity index (χ4n) is 3.10. The van der Waals surface area contributed by atoms with Gasteiger partial charge in [0.1, 0.15) is 5.75 Å². The van der Waals surface area contributed by atoms with Gasteiger partial charge in [-0.2, -0.15) is 0 Å². The van der Waals surface area contributed by atoms with Crippen molar-refractivity contribution in [2.75, 3.05) is 29.9 Å². The molecule has 0 bridgehead atoms. The number of hydrogen-bond donors (Lipinski definition) is 2. The van der Waals surface area contributed by atoms with E-state index in [1.54, 1.807) is 47.4 Å². The second-order valence-corrected chi connectivity index (χ2v) is 7.74. The number of carbonyl (C=O) groups excluding carboxylic acids is 3. The van der Waals surface area contributed by atoms with E-state index in [2.05, 4.69) is 17.2 Å². The van der Waals surface area contributed by atoms with Gasteiger partial charge in [0, 0.05) is 30.2 Å². The highest BCUT2D eigenvalue weighted by Crippen LogP contribution is 2.27. The molecule has 1 aliphatic heterocycles. The number of anilines is 2. The van der Waals surface area contributed by atoms with Crippen LogP contribution in [0.25, 0.3) is 0 Å². The van der Waals surface area contributed by atoms with E-state index in [0.29, 0.717) is 40.3 Å². The molecule has 9 heteroatoms. The summed E-state index contributed by atoms with van der Waals surface area (Å²) in [6, 6.07) is 11.5. The van der Waals surface area contributed by atoms with E-state index in [9.17, 15) is 14.4 Å². The summed E-state index contributed by atoms with van der Waals surface area (Å²) < 4.78 is 5.49. The summed E-state index contributed by atoms with van der Waals surface area (Å²) in [6.45, 7) is 4.02. The molecular formula is C22H21Cl2N3O4. The van der Waals surface area contributed by atoms with Gasteiger partial charge < -0.3 is 20.3 Å². The van der Waals surface area contributed by atoms with E-state index >= 15 is 0 Å². The van der Waals surface area contributed by atoms with Crippen LogP contribution >= 0.6 is 23.2 Å². The molecule has 1 fully saturated rings. The average Bonchev–Trinajstić information content (AvgIpc) is 3.14. The lowest BCUT2D eigenvalue weighted by Crippen LogP contribution is -2.32. The van der Waals surface area contributed by atoms with Crippen molar-refractivity contribution < 1.29 is 19.1 Å². The van der Waals surface area contributed by atoms with Crippen molar-refractivity contribution in [2.24, 2.45) is 5.92 Å². The Kier molecular flexibility index (Phi) is 7.55. The van der Waals surface area contributed by atoms with Gasteiger partial charge in [-0.15, -0.1) is 6.58 Å². The second-order valence-electron chi connectivity index (χ2n) is 6.89. The Balaban J connectivity index is 1.53. The summed E-state index contributed by atoms with van der Waals surface area (Å²) in [5.74, 6) is -0.592. The Morgan fingerprint density at radius 2 is 1.94 bits per heavy atom. The lowest BCUT2D eigenvalue weighted by atomic mass is 10.1. The summed E-state index contributed by atoms with van der Waals surface area (Å²) in [4.78, 5) is 38.1. The van der Waals surface area contributed by atoms with Crippen LogP contribution in [0.3, 0.4) is 0 Å². The SMILES string of the molecule is C=CCNC(=O)C1CC(=O)N(c2ccc(OCC(=O)Nc3ccc(Cl)cc3Cl)cc2)C1. The largest absolute Gasteiger partial charge is 0.484 e. The summed E-state index contributed by atoms with van der Waals surface area (Å²) in [7, 11) is 0. The summed E-state index contributed by atoms with van der Waals surface area (Å²) in [6.07, 6.45) is 1.75. The molecule has 1 heterocycles. The molecule has 2 N–H and O–H groups in total. The zero-order valence-electron chi connectivity index (χ0n) is 16.6. The van der Waals surface area contributed by atoms with Crippen LogP contribution in [0.5, 0.6) is 5.75 Å². The fourth-order valence-corrected chi connectivity index (χ4v) is 3.55. The van der Waals surface area contributed by atoms with Gasteiger partial charge in [0.25, 0.3) is 5.91 Å². The Morgan fingerprint density at radius 1 is 1.19 bits per heavy atom. The number of halogens is 2. The fraction of sp³-hybridized carbons (Fsp3) is 0.227. The standard InChI is InChI=1S/C22H21Cl2N3O4/c1-2-9-25-22(30)14-10-21(29)27(12-14)16-4-6-17(7-5-16)31-13-20(28)26-19-8-3-15(23)11-18(19)24/h2-8,11,14H,1,9-10,12-13H2,(H,25,30)(H,26,28). The molecule has 1 saturated heterocycles. The third-order valence-electron chi connectivity index (χ3n) is 4.64. The lowest BCUT2D eigenvalue weighted by Gasteiger charge is -2.17. The van der Waals surface area contributed by atoms with E-state index in [4.69, 9.17) is 27.9 Å². The van der Waals surface area contributed by atoms with Crippen LogP contribution in [0.1, 0.15) is 6.42 Å². The minimum Gasteiger partial charge on any atom is -0.484 e. The van der Waals surface area contributed by atoms with Crippen molar-refractivity contribution in [2.45, 2.75) is 6.42 Å². The number of carbonyl (C=O) groups is 3. The second kappa shape index (κ2) is 10.3. The minimum atomic E-state index is -0.397. The number of rotatable bonds is 8. The molecule has 1 atom stereocenters. The molecule has 3 amide bonds. The quantitative estimate of drug-likeness (QED) is 0.587. The van der Waals surface area contributed by atoms with Gasteiger partial charge >= 0.3 is 0 Å². The van der Waals surface area contributed by atoms with Crippen molar-refractivity contribution >= 4 is 52.3 Å². The first-order valence-corrected chi connectivity index (χ1v) is 10.3.